The van der Waals surface area contributed by atoms with Crippen LogP contribution >= 0.6 is 0 Å². The molecule has 2 unspecified atom stereocenters. The summed E-state index contributed by atoms with van der Waals surface area (Å²) in [7, 11) is 0. The number of rotatable bonds is 6. The van der Waals surface area contributed by atoms with E-state index in [9.17, 15) is 13.2 Å². The van der Waals surface area contributed by atoms with E-state index >= 15 is 0 Å². The van der Waals surface area contributed by atoms with Crippen molar-refractivity contribution < 1.29 is 17.9 Å². The fraction of sp³-hybridized carbons (Fsp3) is 1.00. The molecule has 120 valence electrons. The first-order valence-electron chi connectivity index (χ1n) is 7.41. The SMILES string of the molecule is CC(C)C1CN(CCCOCC(F)(F)F)C(C)CCN1. The Bertz CT molecular complexity index is 272. The molecule has 0 aromatic rings. The second-order valence-corrected chi connectivity index (χ2v) is 5.96. The van der Waals surface area contributed by atoms with Crippen molar-refractivity contribution in [1.82, 2.24) is 10.2 Å². The molecule has 1 heterocycles. The zero-order valence-electron chi connectivity index (χ0n) is 12.7. The molecule has 1 rings (SSSR count). The first-order valence-corrected chi connectivity index (χ1v) is 7.41. The van der Waals surface area contributed by atoms with E-state index in [1.165, 1.54) is 0 Å². The average Bonchev–Trinajstić information content (AvgIpc) is 2.50. The quantitative estimate of drug-likeness (QED) is 0.763. The summed E-state index contributed by atoms with van der Waals surface area (Å²) >= 11 is 0. The molecule has 0 aromatic heterocycles. The van der Waals surface area contributed by atoms with Crippen molar-refractivity contribution in [3.05, 3.63) is 0 Å². The lowest BCUT2D eigenvalue weighted by atomic mass is 10.0. The van der Waals surface area contributed by atoms with Crippen molar-refractivity contribution in [3.63, 3.8) is 0 Å². The molecular weight excluding hydrogens is 269 g/mol. The minimum absolute atomic E-state index is 0.169. The van der Waals surface area contributed by atoms with Crippen LogP contribution in [0.5, 0.6) is 0 Å². The van der Waals surface area contributed by atoms with Crippen LogP contribution in [0.1, 0.15) is 33.6 Å². The lowest BCUT2D eigenvalue weighted by Gasteiger charge is -2.30. The zero-order chi connectivity index (χ0) is 15.2. The van der Waals surface area contributed by atoms with Gasteiger partial charge in [0.05, 0.1) is 0 Å². The van der Waals surface area contributed by atoms with Crippen molar-refractivity contribution in [2.75, 3.05) is 32.8 Å². The molecule has 2 atom stereocenters. The Balaban J connectivity index is 2.29. The maximum absolute atomic E-state index is 11.9. The van der Waals surface area contributed by atoms with Gasteiger partial charge in [0, 0.05) is 31.8 Å². The molecule has 1 fully saturated rings. The first-order chi connectivity index (χ1) is 9.29. The van der Waals surface area contributed by atoms with E-state index < -0.39 is 12.8 Å². The summed E-state index contributed by atoms with van der Waals surface area (Å²) in [6.07, 6.45) is -2.50. The van der Waals surface area contributed by atoms with E-state index in [2.05, 4.69) is 35.7 Å². The molecule has 3 nitrogen and oxygen atoms in total. The molecule has 1 N–H and O–H groups in total. The number of nitrogens with zero attached hydrogens (tertiary/aromatic N) is 1. The third kappa shape index (κ3) is 6.90. The normalized spacial score (nSPS) is 25.9. The molecule has 0 radical (unpaired) electrons. The predicted molar refractivity (Wildman–Crippen MR) is 73.8 cm³/mol. The van der Waals surface area contributed by atoms with E-state index in [0.29, 0.717) is 24.4 Å². The van der Waals surface area contributed by atoms with Crippen LogP contribution in [-0.2, 0) is 4.74 Å². The van der Waals surface area contributed by atoms with E-state index in [0.717, 1.165) is 26.1 Å². The summed E-state index contributed by atoms with van der Waals surface area (Å²) in [4.78, 5) is 2.36. The number of nitrogens with one attached hydrogen (secondary N) is 1. The second kappa shape index (κ2) is 8.20. The summed E-state index contributed by atoms with van der Waals surface area (Å²) in [5.41, 5.74) is 0. The van der Waals surface area contributed by atoms with Crippen LogP contribution in [0.4, 0.5) is 13.2 Å². The van der Waals surface area contributed by atoms with Crippen molar-refractivity contribution in [2.45, 2.75) is 51.9 Å². The highest BCUT2D eigenvalue weighted by molar-refractivity contribution is 4.82. The minimum Gasteiger partial charge on any atom is -0.372 e. The van der Waals surface area contributed by atoms with Crippen molar-refractivity contribution in [1.29, 1.82) is 0 Å². The summed E-state index contributed by atoms with van der Waals surface area (Å²) in [5, 5.41) is 3.54. The predicted octanol–water partition coefficient (Wildman–Crippen LogP) is 2.66. The molecule has 1 aliphatic rings. The minimum atomic E-state index is -4.22. The highest BCUT2D eigenvalue weighted by Gasteiger charge is 2.27. The Morgan fingerprint density at radius 1 is 1.35 bits per heavy atom. The van der Waals surface area contributed by atoms with Crippen LogP contribution in [0, 0.1) is 5.92 Å². The molecule has 6 heteroatoms. The Morgan fingerprint density at radius 3 is 2.65 bits per heavy atom. The molecule has 0 aliphatic carbocycles. The van der Waals surface area contributed by atoms with Gasteiger partial charge in [0.25, 0.3) is 0 Å². The van der Waals surface area contributed by atoms with Gasteiger partial charge in [-0.2, -0.15) is 13.2 Å². The topological polar surface area (TPSA) is 24.5 Å². The number of ether oxygens (including phenoxy) is 1. The Kier molecular flexibility index (Phi) is 7.26. The van der Waals surface area contributed by atoms with Crippen LogP contribution in [0.25, 0.3) is 0 Å². The summed E-state index contributed by atoms with van der Waals surface area (Å²) < 4.78 is 40.5. The third-order valence-corrected chi connectivity index (χ3v) is 3.83. The van der Waals surface area contributed by atoms with E-state index in [-0.39, 0.29) is 6.61 Å². The van der Waals surface area contributed by atoms with Gasteiger partial charge in [0.15, 0.2) is 0 Å². The Hall–Kier alpha value is -0.330. The van der Waals surface area contributed by atoms with Crippen LogP contribution in [0.2, 0.25) is 0 Å². The van der Waals surface area contributed by atoms with Gasteiger partial charge in [-0.05, 0) is 32.2 Å². The highest BCUT2D eigenvalue weighted by atomic mass is 19.4. The molecular formula is C14H27F3N2O. The van der Waals surface area contributed by atoms with Crippen LogP contribution < -0.4 is 5.32 Å². The summed E-state index contributed by atoms with van der Waals surface area (Å²) in [6, 6.07) is 0.921. The number of hydrogen-bond acceptors (Lipinski definition) is 3. The van der Waals surface area contributed by atoms with Gasteiger partial charge in [-0.1, -0.05) is 13.8 Å². The van der Waals surface area contributed by atoms with Crippen LogP contribution in [-0.4, -0.2) is 56.0 Å². The number of alkyl halides is 3. The third-order valence-electron chi connectivity index (χ3n) is 3.83. The molecule has 0 saturated carbocycles. The average molecular weight is 296 g/mol. The van der Waals surface area contributed by atoms with E-state index in [4.69, 9.17) is 0 Å². The van der Waals surface area contributed by atoms with Crippen LogP contribution in [0.3, 0.4) is 0 Å². The fourth-order valence-corrected chi connectivity index (χ4v) is 2.47. The summed E-state index contributed by atoms with van der Waals surface area (Å²) in [5.74, 6) is 0.560. The molecule has 20 heavy (non-hydrogen) atoms. The van der Waals surface area contributed by atoms with Crippen LogP contribution in [0.15, 0.2) is 0 Å². The van der Waals surface area contributed by atoms with E-state index in [1.54, 1.807) is 0 Å². The Morgan fingerprint density at radius 2 is 2.05 bits per heavy atom. The maximum atomic E-state index is 11.9. The van der Waals surface area contributed by atoms with E-state index in [1.807, 2.05) is 0 Å². The molecule has 0 amide bonds. The fourth-order valence-electron chi connectivity index (χ4n) is 2.47. The molecule has 0 spiro atoms. The number of hydrogen-bond donors (Lipinski definition) is 1. The van der Waals surface area contributed by atoms with Gasteiger partial charge in [-0.3, -0.25) is 4.90 Å². The zero-order valence-corrected chi connectivity index (χ0v) is 12.7. The monoisotopic (exact) mass is 296 g/mol. The highest BCUT2D eigenvalue weighted by Crippen LogP contribution is 2.16. The van der Waals surface area contributed by atoms with Gasteiger partial charge >= 0.3 is 6.18 Å². The Labute approximate surface area is 119 Å². The molecule has 1 aliphatic heterocycles. The van der Waals surface area contributed by atoms with Gasteiger partial charge in [-0.15, -0.1) is 0 Å². The molecule has 0 aromatic carbocycles. The van der Waals surface area contributed by atoms with Crippen molar-refractivity contribution >= 4 is 0 Å². The molecule has 0 bridgehead atoms. The van der Waals surface area contributed by atoms with Gasteiger partial charge in [0.2, 0.25) is 0 Å². The second-order valence-electron chi connectivity index (χ2n) is 5.96. The lowest BCUT2D eigenvalue weighted by molar-refractivity contribution is -0.174. The van der Waals surface area contributed by atoms with Gasteiger partial charge < -0.3 is 10.1 Å². The molecule has 1 saturated heterocycles. The number of halogens is 3. The first kappa shape index (κ1) is 17.7. The maximum Gasteiger partial charge on any atom is 0.411 e. The standard InChI is InChI=1S/C14H27F3N2O/c1-11(2)13-9-19(12(3)5-6-18-13)7-4-8-20-10-14(15,16)17/h11-13,18H,4-10H2,1-3H3. The van der Waals surface area contributed by atoms with Gasteiger partial charge in [-0.25, -0.2) is 0 Å². The largest absolute Gasteiger partial charge is 0.411 e. The lowest BCUT2D eigenvalue weighted by Crippen LogP contribution is -2.43. The van der Waals surface area contributed by atoms with Crippen molar-refractivity contribution in [2.24, 2.45) is 5.92 Å². The smallest absolute Gasteiger partial charge is 0.372 e. The summed E-state index contributed by atoms with van der Waals surface area (Å²) in [6.45, 7) is 8.35. The van der Waals surface area contributed by atoms with Crippen molar-refractivity contribution in [3.8, 4) is 0 Å². The van der Waals surface area contributed by atoms with Gasteiger partial charge in [0.1, 0.15) is 6.61 Å².